The largest absolute Gasteiger partial charge is 0.496 e. The predicted molar refractivity (Wildman–Crippen MR) is 142 cm³/mol. The first-order valence-corrected chi connectivity index (χ1v) is 13.1. The molecule has 0 unspecified atom stereocenters. The molecule has 0 N–H and O–H groups in total. The lowest BCUT2D eigenvalue weighted by Crippen LogP contribution is -2.49. The van der Waals surface area contributed by atoms with Gasteiger partial charge in [-0.2, -0.15) is 0 Å². The average molecular weight is 506 g/mol. The summed E-state index contributed by atoms with van der Waals surface area (Å²) in [6.07, 6.45) is 8.48. The van der Waals surface area contributed by atoms with Crippen LogP contribution in [0, 0.1) is 6.92 Å². The number of oxazole rings is 1. The number of aromatic nitrogens is 2. The van der Waals surface area contributed by atoms with E-state index in [9.17, 15) is 9.59 Å². The fourth-order valence-electron chi connectivity index (χ4n) is 5.11. The fourth-order valence-corrected chi connectivity index (χ4v) is 6.39. The molecule has 0 saturated carbocycles. The van der Waals surface area contributed by atoms with E-state index >= 15 is 0 Å². The molecule has 1 saturated heterocycles. The number of carbonyl (C=O) groups excluding carboxylic acids is 1. The Hall–Kier alpha value is -3.39. The molecule has 1 aliphatic rings. The van der Waals surface area contributed by atoms with Gasteiger partial charge in [-0.15, -0.1) is 11.3 Å². The molecular formula is C28H31N3O4S. The van der Waals surface area contributed by atoms with Gasteiger partial charge in [0.15, 0.2) is 0 Å². The summed E-state index contributed by atoms with van der Waals surface area (Å²) < 4.78 is 13.7. The van der Waals surface area contributed by atoms with Crippen LogP contribution in [0.3, 0.4) is 0 Å². The van der Waals surface area contributed by atoms with Crippen LogP contribution in [0.5, 0.6) is 5.75 Å². The molecule has 4 aromatic rings. The summed E-state index contributed by atoms with van der Waals surface area (Å²) in [6.45, 7) is 7.12. The number of amides is 1. The Balaban J connectivity index is 1.66. The number of carbonyl (C=O) groups is 1. The zero-order valence-corrected chi connectivity index (χ0v) is 22.0. The van der Waals surface area contributed by atoms with Gasteiger partial charge in [-0.3, -0.25) is 14.2 Å². The molecule has 1 amide bonds. The maximum Gasteiger partial charge on any atom is 0.260 e. The van der Waals surface area contributed by atoms with Gasteiger partial charge in [0.1, 0.15) is 17.6 Å². The van der Waals surface area contributed by atoms with Crippen LogP contribution in [0.15, 0.2) is 52.1 Å². The molecule has 8 heteroatoms. The summed E-state index contributed by atoms with van der Waals surface area (Å²) in [5, 5.41) is 0.632. The van der Waals surface area contributed by atoms with Crippen molar-refractivity contribution in [1.82, 2.24) is 14.5 Å². The van der Waals surface area contributed by atoms with Crippen molar-refractivity contribution >= 4 is 27.3 Å². The van der Waals surface area contributed by atoms with Crippen LogP contribution < -0.4 is 10.3 Å². The summed E-state index contributed by atoms with van der Waals surface area (Å²) in [5.41, 5.74) is 1.78. The zero-order valence-electron chi connectivity index (χ0n) is 21.2. The first-order chi connectivity index (χ1) is 17.3. The summed E-state index contributed by atoms with van der Waals surface area (Å²) in [5.74, 6) is 1.33. The first kappa shape index (κ1) is 24.3. The van der Waals surface area contributed by atoms with Crippen LogP contribution in [-0.2, 0) is 23.2 Å². The van der Waals surface area contributed by atoms with Gasteiger partial charge >= 0.3 is 0 Å². The third-order valence-corrected chi connectivity index (χ3v) is 8.51. The number of pyridine rings is 1. The van der Waals surface area contributed by atoms with Crippen molar-refractivity contribution in [3.05, 3.63) is 70.0 Å². The predicted octanol–water partition coefficient (Wildman–Crippen LogP) is 5.18. The number of benzene rings is 1. The summed E-state index contributed by atoms with van der Waals surface area (Å²) in [4.78, 5) is 34.5. The van der Waals surface area contributed by atoms with Crippen molar-refractivity contribution in [1.29, 1.82) is 0 Å². The number of hydrogen-bond acceptors (Lipinski definition) is 6. The van der Waals surface area contributed by atoms with E-state index in [1.54, 1.807) is 17.9 Å². The number of likely N-dealkylation sites (tertiary alicyclic amines) is 1. The second-order valence-electron chi connectivity index (χ2n) is 9.80. The Morgan fingerprint density at radius 3 is 2.58 bits per heavy atom. The van der Waals surface area contributed by atoms with E-state index < -0.39 is 5.54 Å². The number of thiophene rings is 1. The molecule has 1 fully saturated rings. The first-order valence-electron chi connectivity index (χ1n) is 12.3. The van der Waals surface area contributed by atoms with Crippen molar-refractivity contribution in [2.75, 3.05) is 20.2 Å². The maximum atomic E-state index is 14.0. The summed E-state index contributed by atoms with van der Waals surface area (Å²) in [6, 6.07) is 7.98. The monoisotopic (exact) mass is 505 g/mol. The van der Waals surface area contributed by atoms with Gasteiger partial charge < -0.3 is 14.1 Å². The van der Waals surface area contributed by atoms with Gasteiger partial charge in [0.25, 0.3) is 5.56 Å². The molecule has 188 valence electrons. The highest BCUT2D eigenvalue weighted by Gasteiger charge is 2.37. The third kappa shape index (κ3) is 4.13. The molecule has 36 heavy (non-hydrogen) atoms. The molecular weight excluding hydrogens is 474 g/mol. The molecule has 5 rings (SSSR count). The summed E-state index contributed by atoms with van der Waals surface area (Å²) in [7, 11) is 1.68. The molecule has 1 aromatic carbocycles. The topological polar surface area (TPSA) is 77.6 Å². The second-order valence-corrected chi connectivity index (χ2v) is 10.8. The molecule has 0 aliphatic carbocycles. The Labute approximate surface area is 214 Å². The van der Waals surface area contributed by atoms with Crippen molar-refractivity contribution in [2.45, 2.75) is 52.0 Å². The van der Waals surface area contributed by atoms with E-state index in [4.69, 9.17) is 9.15 Å². The lowest BCUT2D eigenvalue weighted by Gasteiger charge is -2.31. The minimum Gasteiger partial charge on any atom is -0.496 e. The second kappa shape index (κ2) is 9.58. The molecule has 7 nitrogen and oxygen atoms in total. The lowest BCUT2D eigenvalue weighted by molar-refractivity contribution is -0.138. The Morgan fingerprint density at radius 2 is 1.89 bits per heavy atom. The van der Waals surface area contributed by atoms with E-state index in [0.29, 0.717) is 17.7 Å². The number of nitrogens with zero attached hydrogens (tertiary/aromatic N) is 3. The van der Waals surface area contributed by atoms with Crippen LogP contribution in [0.2, 0.25) is 0 Å². The Morgan fingerprint density at radius 1 is 1.17 bits per heavy atom. The number of aryl methyl sites for hydroxylation is 3. The molecule has 1 aliphatic heterocycles. The van der Waals surface area contributed by atoms with Gasteiger partial charge in [0.2, 0.25) is 11.8 Å². The number of para-hydroxylation sites is 1. The van der Waals surface area contributed by atoms with Crippen molar-refractivity contribution in [2.24, 2.45) is 0 Å². The number of ether oxygens (including phenoxy) is 1. The Kier molecular flexibility index (Phi) is 6.47. The standard InChI is InChI=1S/C28H31N3O4S/c1-18-22-24(36-23(18)25-29-13-16-35-25)20(12-11-19-9-5-6-10-21(19)34-4)17-31(26(22)32)28(2,3)27(33)30-14-7-8-15-30/h5-6,9-10,13,16-17H,7-8,11-12,14-15H2,1-4H3. The van der Waals surface area contributed by atoms with Crippen LogP contribution in [0.4, 0.5) is 0 Å². The number of methoxy groups -OCH3 is 1. The third-order valence-electron chi connectivity index (χ3n) is 7.16. The SMILES string of the molecule is COc1ccccc1CCc1cn(C(C)(C)C(=O)N2CCCC2)c(=O)c2c(C)c(-c3ncco3)sc12. The lowest BCUT2D eigenvalue weighted by atomic mass is 9.99. The van der Waals surface area contributed by atoms with Crippen molar-refractivity contribution in [3.63, 3.8) is 0 Å². The molecule has 0 atom stereocenters. The van der Waals surface area contributed by atoms with E-state index in [-0.39, 0.29) is 11.5 Å². The molecule has 0 bridgehead atoms. The average Bonchev–Trinajstić information content (AvgIpc) is 3.65. The number of rotatable bonds is 7. The molecule has 4 heterocycles. The maximum absolute atomic E-state index is 14.0. The summed E-state index contributed by atoms with van der Waals surface area (Å²) >= 11 is 1.52. The van der Waals surface area contributed by atoms with Gasteiger partial charge in [0, 0.05) is 24.0 Å². The van der Waals surface area contributed by atoms with Gasteiger partial charge in [-0.05, 0) is 69.2 Å². The molecule has 3 aromatic heterocycles. The van der Waals surface area contributed by atoms with Gasteiger partial charge in [-0.25, -0.2) is 4.98 Å². The van der Waals surface area contributed by atoms with Crippen LogP contribution >= 0.6 is 11.3 Å². The minimum atomic E-state index is -1.01. The van der Waals surface area contributed by atoms with Crippen LogP contribution in [-0.4, -0.2) is 40.6 Å². The molecule has 0 radical (unpaired) electrons. The van der Waals surface area contributed by atoms with Crippen molar-refractivity contribution < 1.29 is 13.9 Å². The zero-order chi connectivity index (χ0) is 25.4. The van der Waals surface area contributed by atoms with Crippen LogP contribution in [0.1, 0.15) is 43.4 Å². The highest BCUT2D eigenvalue weighted by Crippen LogP contribution is 2.39. The Bertz CT molecular complexity index is 1460. The van der Waals surface area contributed by atoms with Gasteiger partial charge in [0.05, 0.1) is 23.6 Å². The normalized spacial score (nSPS) is 14.1. The van der Waals surface area contributed by atoms with Crippen molar-refractivity contribution in [3.8, 4) is 16.5 Å². The number of hydrogen-bond donors (Lipinski definition) is 0. The molecule has 0 spiro atoms. The van der Waals surface area contributed by atoms with E-state index in [0.717, 1.165) is 64.4 Å². The van der Waals surface area contributed by atoms with E-state index in [1.165, 1.54) is 17.6 Å². The van der Waals surface area contributed by atoms with E-state index in [1.807, 2.05) is 50.1 Å². The minimum absolute atomic E-state index is 0.0158. The van der Waals surface area contributed by atoms with E-state index in [2.05, 4.69) is 11.1 Å². The smallest absolute Gasteiger partial charge is 0.260 e. The van der Waals surface area contributed by atoms with Crippen LogP contribution in [0.25, 0.3) is 20.9 Å². The highest BCUT2D eigenvalue weighted by molar-refractivity contribution is 7.22. The highest BCUT2D eigenvalue weighted by atomic mass is 32.1. The fraction of sp³-hybridized carbons (Fsp3) is 0.393. The quantitative estimate of drug-likeness (QED) is 0.346. The van der Waals surface area contributed by atoms with Gasteiger partial charge in [-0.1, -0.05) is 18.2 Å². The number of fused-ring (bicyclic) bond motifs is 1.